The maximum Gasteiger partial charge on any atom is 0.160 e. The van der Waals surface area contributed by atoms with Crippen LogP contribution in [0.15, 0.2) is 109 Å². The van der Waals surface area contributed by atoms with Gasteiger partial charge < -0.3 is 4.57 Å². The minimum absolute atomic E-state index is 0.676. The fraction of sp³-hybridized carbons (Fsp3) is 0.0345. The second-order valence-electron chi connectivity index (χ2n) is 8.34. The Morgan fingerprint density at radius 1 is 0.576 bits per heavy atom. The number of rotatable bonds is 3. The minimum Gasteiger partial charge on any atom is -0.314 e. The van der Waals surface area contributed by atoms with E-state index >= 15 is 0 Å². The van der Waals surface area contributed by atoms with Crippen molar-refractivity contribution >= 4 is 17.8 Å². The van der Waals surface area contributed by atoms with Crippen LogP contribution in [0, 0.1) is 0 Å². The zero-order chi connectivity index (χ0) is 22.4. The molecule has 5 aromatic rings. The van der Waals surface area contributed by atoms with Crippen molar-refractivity contribution in [3.05, 3.63) is 109 Å². The summed E-state index contributed by atoms with van der Waals surface area (Å²) in [5.74, 6) is 0.676. The first kappa shape index (κ1) is 19.8. The lowest BCUT2D eigenvalue weighted by Crippen LogP contribution is -2.08. The SMILES string of the molecule is CP1(=O)c2ccccc2-c2c(-c3cc(-c4ccccc4)nc(-c4ccccc4)n3)cccc21. The van der Waals surface area contributed by atoms with E-state index in [1.54, 1.807) is 0 Å². The van der Waals surface area contributed by atoms with Crippen LogP contribution in [0.1, 0.15) is 0 Å². The first-order valence-electron chi connectivity index (χ1n) is 10.9. The Kier molecular flexibility index (Phi) is 4.60. The van der Waals surface area contributed by atoms with Crippen molar-refractivity contribution in [3.8, 4) is 45.0 Å². The molecule has 0 N–H and O–H groups in total. The average Bonchev–Trinajstić information content (AvgIpc) is 3.12. The van der Waals surface area contributed by atoms with E-state index in [-0.39, 0.29) is 0 Å². The first-order valence-corrected chi connectivity index (χ1v) is 13.1. The smallest absolute Gasteiger partial charge is 0.160 e. The van der Waals surface area contributed by atoms with E-state index in [0.717, 1.165) is 49.8 Å². The summed E-state index contributed by atoms with van der Waals surface area (Å²) in [6.45, 7) is 1.87. The largest absolute Gasteiger partial charge is 0.314 e. The van der Waals surface area contributed by atoms with E-state index in [9.17, 15) is 4.57 Å². The van der Waals surface area contributed by atoms with Gasteiger partial charge >= 0.3 is 0 Å². The molecule has 158 valence electrons. The van der Waals surface area contributed by atoms with Crippen LogP contribution in [-0.2, 0) is 4.57 Å². The summed E-state index contributed by atoms with van der Waals surface area (Å²) < 4.78 is 13.8. The van der Waals surface area contributed by atoms with E-state index in [2.05, 4.69) is 24.3 Å². The third-order valence-corrected chi connectivity index (χ3v) is 8.84. The molecule has 0 fully saturated rings. The summed E-state index contributed by atoms with van der Waals surface area (Å²) in [6, 6.07) is 36.3. The second kappa shape index (κ2) is 7.65. The van der Waals surface area contributed by atoms with Crippen molar-refractivity contribution in [1.82, 2.24) is 9.97 Å². The highest BCUT2D eigenvalue weighted by atomic mass is 31.2. The second-order valence-corrected chi connectivity index (χ2v) is 11.1. The molecule has 0 saturated heterocycles. The number of fused-ring (bicyclic) bond motifs is 3. The maximum absolute atomic E-state index is 13.8. The third kappa shape index (κ3) is 3.25. The van der Waals surface area contributed by atoms with E-state index in [1.807, 2.05) is 91.6 Å². The van der Waals surface area contributed by atoms with Gasteiger partial charge in [-0.05, 0) is 18.3 Å². The summed E-state index contributed by atoms with van der Waals surface area (Å²) in [4.78, 5) is 9.90. The molecule has 0 aliphatic carbocycles. The van der Waals surface area contributed by atoms with Crippen LogP contribution < -0.4 is 10.6 Å². The molecule has 1 atom stereocenters. The van der Waals surface area contributed by atoms with Crippen molar-refractivity contribution < 1.29 is 4.57 Å². The molecule has 4 heteroatoms. The number of hydrogen-bond donors (Lipinski definition) is 0. The standard InChI is InChI=1S/C29H21N2OP/c1-33(32)26-17-9-8-15-23(26)28-22(16-10-18-27(28)33)25-19-24(20-11-4-2-5-12-20)30-29(31-25)21-13-6-3-7-14-21/h2-19H,1H3. The summed E-state index contributed by atoms with van der Waals surface area (Å²) in [7, 11) is -2.65. The van der Waals surface area contributed by atoms with E-state index < -0.39 is 7.14 Å². The Labute approximate surface area is 193 Å². The topological polar surface area (TPSA) is 42.9 Å². The fourth-order valence-corrected chi connectivity index (χ4v) is 6.95. The summed E-state index contributed by atoms with van der Waals surface area (Å²) in [5, 5.41) is 1.83. The van der Waals surface area contributed by atoms with Gasteiger partial charge in [-0.1, -0.05) is 103 Å². The number of benzene rings is 4. The van der Waals surface area contributed by atoms with Crippen LogP contribution in [0.3, 0.4) is 0 Å². The van der Waals surface area contributed by atoms with Crippen molar-refractivity contribution in [1.29, 1.82) is 0 Å². The number of aromatic nitrogens is 2. The van der Waals surface area contributed by atoms with Gasteiger partial charge in [0, 0.05) is 32.9 Å². The van der Waals surface area contributed by atoms with Gasteiger partial charge in [0.05, 0.1) is 11.4 Å². The van der Waals surface area contributed by atoms with Gasteiger partial charge in [-0.25, -0.2) is 9.97 Å². The summed E-state index contributed by atoms with van der Waals surface area (Å²) in [5.41, 5.74) is 6.74. The van der Waals surface area contributed by atoms with E-state index in [0.29, 0.717) is 5.82 Å². The third-order valence-electron chi connectivity index (χ3n) is 6.24. The van der Waals surface area contributed by atoms with Gasteiger partial charge in [-0.15, -0.1) is 0 Å². The van der Waals surface area contributed by atoms with Gasteiger partial charge in [0.25, 0.3) is 0 Å². The molecule has 0 bridgehead atoms. The van der Waals surface area contributed by atoms with Crippen LogP contribution in [0.5, 0.6) is 0 Å². The molecule has 1 aliphatic rings. The highest BCUT2D eigenvalue weighted by Crippen LogP contribution is 2.52. The maximum atomic E-state index is 13.8. The van der Waals surface area contributed by atoms with Crippen LogP contribution >= 0.6 is 7.14 Å². The Bertz CT molecular complexity index is 1490. The molecule has 1 aromatic heterocycles. The van der Waals surface area contributed by atoms with Crippen molar-refractivity contribution in [2.24, 2.45) is 0 Å². The van der Waals surface area contributed by atoms with Crippen molar-refractivity contribution in [2.75, 3.05) is 6.66 Å². The first-order chi connectivity index (χ1) is 16.1. The lowest BCUT2D eigenvalue weighted by atomic mass is 9.96. The zero-order valence-corrected chi connectivity index (χ0v) is 19.0. The lowest BCUT2D eigenvalue weighted by molar-refractivity contribution is 0.591. The molecule has 4 aromatic carbocycles. The van der Waals surface area contributed by atoms with Gasteiger partial charge in [0.2, 0.25) is 0 Å². The molecule has 0 amide bonds. The Hall–Kier alpha value is -3.81. The molecular weight excluding hydrogens is 423 g/mol. The predicted molar refractivity (Wildman–Crippen MR) is 137 cm³/mol. The van der Waals surface area contributed by atoms with Gasteiger partial charge in [0.1, 0.15) is 7.14 Å². The van der Waals surface area contributed by atoms with Crippen LogP contribution in [0.2, 0.25) is 0 Å². The molecule has 3 nitrogen and oxygen atoms in total. The highest BCUT2D eigenvalue weighted by Gasteiger charge is 2.36. The molecule has 0 radical (unpaired) electrons. The van der Waals surface area contributed by atoms with Crippen LogP contribution in [0.25, 0.3) is 45.0 Å². The molecule has 0 spiro atoms. The molecule has 0 saturated carbocycles. The fourth-order valence-electron chi connectivity index (χ4n) is 4.64. The van der Waals surface area contributed by atoms with Crippen LogP contribution in [-0.4, -0.2) is 16.6 Å². The zero-order valence-electron chi connectivity index (χ0n) is 18.1. The Morgan fingerprint density at radius 2 is 1.15 bits per heavy atom. The monoisotopic (exact) mass is 444 g/mol. The predicted octanol–water partition coefficient (Wildman–Crippen LogP) is 6.40. The molecule has 33 heavy (non-hydrogen) atoms. The molecule has 1 aliphatic heterocycles. The normalized spacial score (nSPS) is 16.3. The average molecular weight is 444 g/mol. The Balaban J connectivity index is 1.64. The quantitative estimate of drug-likeness (QED) is 0.302. The van der Waals surface area contributed by atoms with Crippen molar-refractivity contribution in [2.45, 2.75) is 0 Å². The molecular formula is C29H21N2OP. The molecule has 2 heterocycles. The van der Waals surface area contributed by atoms with Crippen LogP contribution in [0.4, 0.5) is 0 Å². The molecule has 1 unspecified atom stereocenters. The number of nitrogens with zero attached hydrogens (tertiary/aromatic N) is 2. The summed E-state index contributed by atoms with van der Waals surface area (Å²) >= 11 is 0. The van der Waals surface area contributed by atoms with Gasteiger partial charge in [0.15, 0.2) is 5.82 Å². The van der Waals surface area contributed by atoms with E-state index in [1.165, 1.54) is 0 Å². The summed E-state index contributed by atoms with van der Waals surface area (Å²) in [6.07, 6.45) is 0. The lowest BCUT2D eigenvalue weighted by Gasteiger charge is -2.13. The van der Waals surface area contributed by atoms with Gasteiger partial charge in [-0.2, -0.15) is 0 Å². The van der Waals surface area contributed by atoms with Crippen molar-refractivity contribution in [3.63, 3.8) is 0 Å². The Morgan fingerprint density at radius 3 is 1.91 bits per heavy atom. The molecule has 6 rings (SSSR count). The van der Waals surface area contributed by atoms with E-state index in [4.69, 9.17) is 9.97 Å². The van der Waals surface area contributed by atoms with Gasteiger partial charge in [-0.3, -0.25) is 0 Å². The highest BCUT2D eigenvalue weighted by molar-refractivity contribution is 7.79. The minimum atomic E-state index is -2.65. The number of hydrogen-bond acceptors (Lipinski definition) is 3.